The van der Waals surface area contributed by atoms with Gasteiger partial charge in [-0.1, -0.05) is 18.2 Å². The molecule has 3 aromatic rings. The molecule has 0 radical (unpaired) electrons. The van der Waals surface area contributed by atoms with E-state index in [1.165, 1.54) is 35.5 Å². The summed E-state index contributed by atoms with van der Waals surface area (Å²) < 4.78 is 18.7. The van der Waals surface area contributed by atoms with Crippen molar-refractivity contribution in [2.24, 2.45) is 0 Å². The first-order valence-electron chi connectivity index (χ1n) is 9.90. The molecule has 1 aliphatic carbocycles. The van der Waals surface area contributed by atoms with Crippen LogP contribution < -0.4 is 10.1 Å². The number of aromatic nitrogens is 1. The van der Waals surface area contributed by atoms with E-state index in [1.54, 1.807) is 47.7 Å². The molecule has 1 heterocycles. The summed E-state index contributed by atoms with van der Waals surface area (Å²) in [4.78, 5) is 18.6. The zero-order valence-corrected chi connectivity index (χ0v) is 16.9. The average Bonchev–Trinajstić information content (AvgIpc) is 3.16. The van der Waals surface area contributed by atoms with E-state index in [2.05, 4.69) is 5.32 Å². The van der Waals surface area contributed by atoms with Crippen molar-refractivity contribution < 1.29 is 13.9 Å². The van der Waals surface area contributed by atoms with Crippen molar-refractivity contribution in [3.8, 4) is 5.75 Å². The van der Waals surface area contributed by atoms with Crippen LogP contribution in [0.15, 0.2) is 48.5 Å². The first kappa shape index (κ1) is 19.6. The molecule has 0 fully saturated rings. The van der Waals surface area contributed by atoms with Gasteiger partial charge in [0.15, 0.2) is 0 Å². The zero-order chi connectivity index (χ0) is 20.1. The van der Waals surface area contributed by atoms with Gasteiger partial charge in [0, 0.05) is 23.4 Å². The van der Waals surface area contributed by atoms with Crippen LogP contribution in [0.4, 0.5) is 4.39 Å². The van der Waals surface area contributed by atoms with Crippen LogP contribution in [0, 0.1) is 5.82 Å². The fourth-order valence-electron chi connectivity index (χ4n) is 3.37. The summed E-state index contributed by atoms with van der Waals surface area (Å²) in [5, 5.41) is 4.07. The van der Waals surface area contributed by atoms with Crippen LogP contribution in [-0.4, -0.2) is 17.4 Å². The topological polar surface area (TPSA) is 51.2 Å². The minimum absolute atomic E-state index is 0.126. The smallest absolute Gasteiger partial charge is 0.251 e. The van der Waals surface area contributed by atoms with Crippen molar-refractivity contribution in [2.75, 3.05) is 6.54 Å². The molecule has 0 unspecified atom stereocenters. The minimum Gasteiger partial charge on any atom is -0.489 e. The molecule has 0 saturated heterocycles. The van der Waals surface area contributed by atoms with Crippen LogP contribution in [0.2, 0.25) is 0 Å². The summed E-state index contributed by atoms with van der Waals surface area (Å²) in [7, 11) is 0. The van der Waals surface area contributed by atoms with Gasteiger partial charge in [-0.2, -0.15) is 0 Å². The Morgan fingerprint density at radius 1 is 1.14 bits per heavy atom. The van der Waals surface area contributed by atoms with Gasteiger partial charge in [0.1, 0.15) is 18.2 Å². The predicted molar refractivity (Wildman–Crippen MR) is 112 cm³/mol. The average molecular weight is 411 g/mol. The van der Waals surface area contributed by atoms with Crippen molar-refractivity contribution >= 4 is 17.2 Å². The van der Waals surface area contributed by atoms with E-state index < -0.39 is 0 Å². The number of ether oxygens (including phenoxy) is 1. The largest absolute Gasteiger partial charge is 0.489 e. The second-order valence-electron chi connectivity index (χ2n) is 7.13. The number of carbonyl (C=O) groups is 1. The van der Waals surface area contributed by atoms with Gasteiger partial charge in [0.2, 0.25) is 0 Å². The SMILES string of the molecule is O=C(NCCc1nc2c(s1)CCCC2)c1cccc(OCc2ccc(F)cc2)c1. The molecule has 4 nitrogen and oxygen atoms in total. The highest BCUT2D eigenvalue weighted by molar-refractivity contribution is 7.11. The van der Waals surface area contributed by atoms with Crippen LogP contribution in [0.25, 0.3) is 0 Å². The van der Waals surface area contributed by atoms with Gasteiger partial charge in [-0.25, -0.2) is 9.37 Å². The molecule has 2 aromatic carbocycles. The van der Waals surface area contributed by atoms with Crippen molar-refractivity contribution in [3.63, 3.8) is 0 Å². The number of benzene rings is 2. The number of hydrogen-bond acceptors (Lipinski definition) is 4. The van der Waals surface area contributed by atoms with E-state index in [0.717, 1.165) is 29.8 Å². The number of fused-ring (bicyclic) bond motifs is 1. The molecule has 1 N–H and O–H groups in total. The highest BCUT2D eigenvalue weighted by atomic mass is 32.1. The third-order valence-corrected chi connectivity index (χ3v) is 6.15. The van der Waals surface area contributed by atoms with Gasteiger partial charge in [0.25, 0.3) is 5.91 Å². The highest BCUT2D eigenvalue weighted by Crippen LogP contribution is 2.26. The van der Waals surface area contributed by atoms with Crippen molar-refractivity contribution in [1.29, 1.82) is 0 Å². The maximum atomic E-state index is 13.0. The Bertz CT molecular complexity index is 961. The molecular weight excluding hydrogens is 387 g/mol. The quantitative estimate of drug-likeness (QED) is 0.614. The van der Waals surface area contributed by atoms with Crippen LogP contribution in [-0.2, 0) is 25.9 Å². The summed E-state index contributed by atoms with van der Waals surface area (Å²) in [6, 6.07) is 13.3. The molecule has 0 saturated carbocycles. The van der Waals surface area contributed by atoms with Crippen LogP contribution in [0.5, 0.6) is 5.75 Å². The monoisotopic (exact) mass is 410 g/mol. The van der Waals surface area contributed by atoms with E-state index in [1.807, 2.05) is 0 Å². The standard InChI is InChI=1S/C23H23FN2O2S/c24-18-10-8-16(9-11-18)15-28-19-5-3-4-17(14-19)23(27)25-13-12-22-26-20-6-1-2-7-21(20)29-22/h3-5,8-11,14H,1-2,6-7,12-13,15H2,(H,25,27). The second kappa shape index (κ2) is 9.18. The molecule has 6 heteroatoms. The molecular formula is C23H23FN2O2S. The van der Waals surface area contributed by atoms with Crippen LogP contribution >= 0.6 is 11.3 Å². The Labute approximate surface area is 173 Å². The van der Waals surface area contributed by atoms with E-state index in [4.69, 9.17) is 9.72 Å². The van der Waals surface area contributed by atoms with Gasteiger partial charge in [-0.05, 0) is 61.6 Å². The third kappa shape index (κ3) is 5.21. The van der Waals surface area contributed by atoms with Gasteiger partial charge < -0.3 is 10.1 Å². The van der Waals surface area contributed by atoms with Crippen molar-refractivity contribution in [1.82, 2.24) is 10.3 Å². The summed E-state index contributed by atoms with van der Waals surface area (Å²) in [5.41, 5.74) is 2.68. The summed E-state index contributed by atoms with van der Waals surface area (Å²) >= 11 is 1.78. The second-order valence-corrected chi connectivity index (χ2v) is 8.30. The molecule has 29 heavy (non-hydrogen) atoms. The number of rotatable bonds is 7. The fourth-order valence-corrected chi connectivity index (χ4v) is 4.53. The number of amides is 1. The van der Waals surface area contributed by atoms with Gasteiger partial charge >= 0.3 is 0 Å². The number of aryl methyl sites for hydroxylation is 2. The number of carbonyl (C=O) groups excluding carboxylic acids is 1. The number of halogens is 1. The molecule has 1 aliphatic rings. The van der Waals surface area contributed by atoms with Crippen molar-refractivity contribution in [2.45, 2.75) is 38.7 Å². The molecule has 1 amide bonds. The first-order chi connectivity index (χ1) is 14.2. The highest BCUT2D eigenvalue weighted by Gasteiger charge is 2.15. The van der Waals surface area contributed by atoms with Gasteiger partial charge in [0.05, 0.1) is 10.7 Å². The lowest BCUT2D eigenvalue weighted by Gasteiger charge is -2.09. The summed E-state index contributed by atoms with van der Waals surface area (Å²) in [5.74, 6) is 0.207. The number of nitrogens with one attached hydrogen (secondary N) is 1. The molecule has 4 rings (SSSR count). The number of thiazole rings is 1. The van der Waals surface area contributed by atoms with E-state index in [-0.39, 0.29) is 11.7 Å². The van der Waals surface area contributed by atoms with E-state index >= 15 is 0 Å². The normalized spacial score (nSPS) is 13.0. The van der Waals surface area contributed by atoms with Gasteiger partial charge in [-0.3, -0.25) is 4.79 Å². The molecule has 0 spiro atoms. The molecule has 0 aliphatic heterocycles. The third-order valence-electron chi connectivity index (χ3n) is 4.93. The summed E-state index contributed by atoms with van der Waals surface area (Å²) in [6.45, 7) is 0.881. The summed E-state index contributed by atoms with van der Waals surface area (Å²) in [6.07, 6.45) is 5.47. The van der Waals surface area contributed by atoms with Gasteiger partial charge in [-0.15, -0.1) is 11.3 Å². The Balaban J connectivity index is 1.28. The molecule has 0 atom stereocenters. The lowest BCUT2D eigenvalue weighted by Crippen LogP contribution is -2.25. The van der Waals surface area contributed by atoms with Crippen LogP contribution in [0.3, 0.4) is 0 Å². The van der Waals surface area contributed by atoms with Crippen LogP contribution in [0.1, 0.15) is 44.3 Å². The maximum absolute atomic E-state index is 13.0. The first-order valence-corrected chi connectivity index (χ1v) is 10.7. The van der Waals surface area contributed by atoms with Crippen molar-refractivity contribution in [3.05, 3.63) is 81.1 Å². The zero-order valence-electron chi connectivity index (χ0n) is 16.1. The Morgan fingerprint density at radius 2 is 1.97 bits per heavy atom. The Morgan fingerprint density at radius 3 is 2.79 bits per heavy atom. The van der Waals surface area contributed by atoms with E-state index in [0.29, 0.717) is 24.5 Å². The predicted octanol–water partition coefficient (Wildman–Crippen LogP) is 4.71. The lowest BCUT2D eigenvalue weighted by molar-refractivity contribution is 0.0953. The lowest BCUT2D eigenvalue weighted by atomic mass is 10.0. The Kier molecular flexibility index (Phi) is 6.20. The minimum atomic E-state index is -0.273. The molecule has 150 valence electrons. The maximum Gasteiger partial charge on any atom is 0.251 e. The molecule has 0 bridgehead atoms. The fraction of sp³-hybridized carbons (Fsp3) is 0.304. The Hall–Kier alpha value is -2.73. The number of nitrogens with zero attached hydrogens (tertiary/aromatic N) is 1. The van der Waals surface area contributed by atoms with E-state index in [9.17, 15) is 9.18 Å². The molecule has 1 aromatic heterocycles. The number of hydrogen-bond donors (Lipinski definition) is 1.